The minimum Gasteiger partial charge on any atom is -0.368 e. The van der Waals surface area contributed by atoms with Crippen LogP contribution in [0.25, 0.3) is 0 Å². The smallest absolute Gasteiger partial charge is 0.368 e. The van der Waals surface area contributed by atoms with Gasteiger partial charge in [-0.05, 0) is 43.3 Å². The molecule has 2 aromatic carbocycles. The fourth-order valence-corrected chi connectivity index (χ4v) is 4.94. The average molecular weight is 420 g/mol. The van der Waals surface area contributed by atoms with Crippen molar-refractivity contribution in [2.24, 2.45) is 0 Å². The first-order chi connectivity index (χ1) is 13.0. The standard InChI is InChI=1S/C18H17F5N2O2S/c1-12-11-24(17-6-5-14(20)10-16(17)18(21,22)23)7-8-25(12)28(26,27)15-4-2-3-13(19)9-15/h2-6,9-10,12H,7-8,11H2,1H3/t12-/m1/s1. The molecular weight excluding hydrogens is 403 g/mol. The zero-order chi connectivity index (χ0) is 20.7. The number of piperazine rings is 1. The predicted molar refractivity (Wildman–Crippen MR) is 93.4 cm³/mol. The summed E-state index contributed by atoms with van der Waals surface area (Å²) < 4.78 is 93.2. The van der Waals surface area contributed by atoms with Crippen LogP contribution in [0.5, 0.6) is 0 Å². The third-order valence-electron chi connectivity index (χ3n) is 4.57. The molecule has 1 aliphatic heterocycles. The van der Waals surface area contributed by atoms with Gasteiger partial charge in [0.05, 0.1) is 10.5 Å². The minimum absolute atomic E-state index is 0.0202. The second-order valence-electron chi connectivity index (χ2n) is 6.53. The van der Waals surface area contributed by atoms with Gasteiger partial charge < -0.3 is 4.90 Å². The Morgan fingerprint density at radius 3 is 2.29 bits per heavy atom. The van der Waals surface area contributed by atoms with Crippen LogP contribution in [0.15, 0.2) is 47.4 Å². The Bertz CT molecular complexity index is 978. The molecular formula is C18H17F5N2O2S. The van der Waals surface area contributed by atoms with Crippen LogP contribution in [0.3, 0.4) is 0 Å². The van der Waals surface area contributed by atoms with Gasteiger partial charge in [-0.15, -0.1) is 0 Å². The Morgan fingerprint density at radius 1 is 1.00 bits per heavy atom. The summed E-state index contributed by atoms with van der Waals surface area (Å²) >= 11 is 0. The molecule has 1 aliphatic rings. The maximum Gasteiger partial charge on any atom is 0.418 e. The van der Waals surface area contributed by atoms with E-state index >= 15 is 0 Å². The molecule has 0 saturated carbocycles. The van der Waals surface area contributed by atoms with Crippen LogP contribution in [-0.2, 0) is 16.2 Å². The van der Waals surface area contributed by atoms with Crippen LogP contribution in [0.1, 0.15) is 12.5 Å². The number of sulfonamides is 1. The highest BCUT2D eigenvalue weighted by atomic mass is 32.2. The van der Waals surface area contributed by atoms with E-state index < -0.39 is 39.4 Å². The molecule has 0 amide bonds. The normalized spacial score (nSPS) is 19.1. The predicted octanol–water partition coefficient (Wildman–Crippen LogP) is 3.88. The Balaban J connectivity index is 1.87. The van der Waals surface area contributed by atoms with Crippen molar-refractivity contribution in [2.75, 3.05) is 24.5 Å². The van der Waals surface area contributed by atoms with Crippen LogP contribution < -0.4 is 4.90 Å². The van der Waals surface area contributed by atoms with Gasteiger partial charge in [0.15, 0.2) is 0 Å². The van der Waals surface area contributed by atoms with Crippen molar-refractivity contribution in [1.29, 1.82) is 0 Å². The van der Waals surface area contributed by atoms with Crippen LogP contribution in [0, 0.1) is 11.6 Å². The lowest BCUT2D eigenvalue weighted by molar-refractivity contribution is -0.137. The number of anilines is 1. The summed E-state index contributed by atoms with van der Waals surface area (Å²) in [6.07, 6.45) is -4.74. The van der Waals surface area contributed by atoms with Gasteiger partial charge in [0.1, 0.15) is 11.6 Å². The summed E-state index contributed by atoms with van der Waals surface area (Å²) in [5, 5.41) is 0. The fraction of sp³-hybridized carbons (Fsp3) is 0.333. The molecule has 0 aromatic heterocycles. The lowest BCUT2D eigenvalue weighted by atomic mass is 10.1. The van der Waals surface area contributed by atoms with E-state index in [2.05, 4.69) is 0 Å². The number of hydrogen-bond acceptors (Lipinski definition) is 3. The van der Waals surface area contributed by atoms with Gasteiger partial charge in [-0.2, -0.15) is 17.5 Å². The molecule has 0 aliphatic carbocycles. The van der Waals surface area contributed by atoms with Gasteiger partial charge in [0.25, 0.3) is 0 Å². The highest BCUT2D eigenvalue weighted by Crippen LogP contribution is 2.38. The first kappa shape index (κ1) is 20.5. The number of halogens is 5. The molecule has 1 atom stereocenters. The lowest BCUT2D eigenvalue weighted by Crippen LogP contribution is -2.54. The Kier molecular flexibility index (Phi) is 5.37. The van der Waals surface area contributed by atoms with Crippen LogP contribution in [-0.4, -0.2) is 38.4 Å². The van der Waals surface area contributed by atoms with E-state index in [1.807, 2.05) is 0 Å². The summed E-state index contributed by atoms with van der Waals surface area (Å²) in [5.41, 5.74) is -1.32. The first-order valence-corrected chi connectivity index (χ1v) is 9.83. The summed E-state index contributed by atoms with van der Waals surface area (Å²) in [5.74, 6) is -1.70. The van der Waals surface area contributed by atoms with Crippen molar-refractivity contribution >= 4 is 15.7 Å². The van der Waals surface area contributed by atoms with Crippen molar-refractivity contribution in [2.45, 2.75) is 24.0 Å². The number of benzene rings is 2. The fourth-order valence-electron chi connectivity index (χ4n) is 3.29. The molecule has 0 bridgehead atoms. The molecule has 1 saturated heterocycles. The molecule has 0 spiro atoms. The topological polar surface area (TPSA) is 40.6 Å². The second-order valence-corrected chi connectivity index (χ2v) is 8.42. The molecule has 4 nitrogen and oxygen atoms in total. The summed E-state index contributed by atoms with van der Waals surface area (Å²) in [6, 6.07) is 6.29. The highest BCUT2D eigenvalue weighted by Gasteiger charge is 2.39. The molecule has 0 radical (unpaired) electrons. The molecule has 1 fully saturated rings. The van der Waals surface area contributed by atoms with Crippen LogP contribution in [0.4, 0.5) is 27.6 Å². The minimum atomic E-state index is -4.74. The Hall–Kier alpha value is -2.20. The Morgan fingerprint density at radius 2 is 1.68 bits per heavy atom. The maximum absolute atomic E-state index is 13.4. The molecule has 1 heterocycles. The molecule has 28 heavy (non-hydrogen) atoms. The van der Waals surface area contributed by atoms with Crippen LogP contribution >= 0.6 is 0 Å². The molecule has 152 valence electrons. The van der Waals surface area contributed by atoms with Crippen molar-refractivity contribution < 1.29 is 30.4 Å². The summed E-state index contributed by atoms with van der Waals surface area (Å²) in [7, 11) is -4.00. The van der Waals surface area contributed by atoms with Gasteiger partial charge in [0.2, 0.25) is 10.0 Å². The van der Waals surface area contributed by atoms with Gasteiger partial charge in [-0.3, -0.25) is 0 Å². The zero-order valence-electron chi connectivity index (χ0n) is 14.7. The average Bonchev–Trinajstić information content (AvgIpc) is 2.60. The quantitative estimate of drug-likeness (QED) is 0.708. The van der Waals surface area contributed by atoms with Gasteiger partial charge in [-0.25, -0.2) is 17.2 Å². The molecule has 10 heteroatoms. The number of rotatable bonds is 3. The van der Waals surface area contributed by atoms with Crippen molar-refractivity contribution in [3.05, 3.63) is 59.7 Å². The van der Waals surface area contributed by atoms with Crippen molar-refractivity contribution in [1.82, 2.24) is 4.31 Å². The molecule has 0 unspecified atom stereocenters. The van der Waals surface area contributed by atoms with Gasteiger partial charge >= 0.3 is 6.18 Å². The molecule has 2 aromatic rings. The van der Waals surface area contributed by atoms with E-state index in [9.17, 15) is 30.4 Å². The van der Waals surface area contributed by atoms with E-state index in [0.29, 0.717) is 6.07 Å². The lowest BCUT2D eigenvalue weighted by Gasteiger charge is -2.40. The maximum atomic E-state index is 13.4. The SMILES string of the molecule is C[C@@H]1CN(c2ccc(F)cc2C(F)(F)F)CCN1S(=O)(=O)c1cccc(F)c1. The number of hydrogen-bond donors (Lipinski definition) is 0. The number of alkyl halides is 3. The third kappa shape index (κ3) is 3.97. The Labute approximate surface area is 159 Å². The number of nitrogens with zero attached hydrogens (tertiary/aromatic N) is 2. The van der Waals surface area contributed by atoms with E-state index in [4.69, 9.17) is 0 Å². The molecule has 0 N–H and O–H groups in total. The zero-order valence-corrected chi connectivity index (χ0v) is 15.6. The van der Waals surface area contributed by atoms with E-state index in [1.165, 1.54) is 17.0 Å². The summed E-state index contributed by atoms with van der Waals surface area (Å²) in [6.45, 7) is 1.42. The third-order valence-corrected chi connectivity index (χ3v) is 6.58. The monoisotopic (exact) mass is 420 g/mol. The van der Waals surface area contributed by atoms with Gasteiger partial charge in [-0.1, -0.05) is 6.07 Å². The first-order valence-electron chi connectivity index (χ1n) is 8.39. The van der Waals surface area contributed by atoms with E-state index in [1.54, 1.807) is 6.92 Å². The second kappa shape index (κ2) is 7.32. The summed E-state index contributed by atoms with van der Waals surface area (Å²) in [4.78, 5) is 1.16. The van der Waals surface area contributed by atoms with Crippen molar-refractivity contribution in [3.63, 3.8) is 0 Å². The van der Waals surface area contributed by atoms with Crippen LogP contribution in [0.2, 0.25) is 0 Å². The highest BCUT2D eigenvalue weighted by molar-refractivity contribution is 7.89. The van der Waals surface area contributed by atoms with Gasteiger partial charge in [0, 0.05) is 31.4 Å². The largest absolute Gasteiger partial charge is 0.418 e. The van der Waals surface area contributed by atoms with E-state index in [-0.39, 0.29) is 30.2 Å². The molecule has 3 rings (SSSR count). The van der Waals surface area contributed by atoms with E-state index in [0.717, 1.165) is 28.6 Å². The van der Waals surface area contributed by atoms with Crippen molar-refractivity contribution in [3.8, 4) is 0 Å².